The van der Waals surface area contributed by atoms with Crippen molar-refractivity contribution in [2.75, 3.05) is 39.3 Å². The van der Waals surface area contributed by atoms with Crippen molar-refractivity contribution in [3.05, 3.63) is 53.6 Å². The molecule has 2 aromatic carbocycles. The first-order valence-corrected chi connectivity index (χ1v) is 14.4. The lowest BCUT2D eigenvalue weighted by Gasteiger charge is -2.47. The van der Waals surface area contributed by atoms with Crippen molar-refractivity contribution in [1.29, 1.82) is 0 Å². The number of ether oxygens (including phenoxy) is 1. The van der Waals surface area contributed by atoms with Crippen molar-refractivity contribution in [2.45, 2.75) is 58.0 Å². The fourth-order valence-electron chi connectivity index (χ4n) is 6.31. The average molecular weight is 565 g/mol. The van der Waals surface area contributed by atoms with E-state index in [1.165, 1.54) is 24.3 Å². The molecule has 1 saturated carbocycles. The first kappa shape index (κ1) is 28.8. The molecule has 1 amide bonds. The van der Waals surface area contributed by atoms with E-state index in [-0.39, 0.29) is 54.7 Å². The first-order chi connectivity index (χ1) is 19.0. The van der Waals surface area contributed by atoms with Crippen molar-refractivity contribution in [3.8, 4) is 16.9 Å². The van der Waals surface area contributed by atoms with Crippen molar-refractivity contribution in [1.82, 2.24) is 9.80 Å². The Morgan fingerprint density at radius 2 is 1.73 bits per heavy atom. The van der Waals surface area contributed by atoms with Crippen LogP contribution in [0.2, 0.25) is 0 Å². The Kier molecular flexibility index (Phi) is 8.41. The van der Waals surface area contributed by atoms with Gasteiger partial charge in [-0.15, -0.1) is 0 Å². The van der Waals surface area contributed by atoms with E-state index in [1.54, 1.807) is 17.0 Å². The lowest BCUT2D eigenvalue weighted by molar-refractivity contribution is -0.256. The Labute approximate surface area is 232 Å². The fourth-order valence-corrected chi connectivity index (χ4v) is 6.31. The van der Waals surface area contributed by atoms with Gasteiger partial charge in [0.25, 0.3) is 5.91 Å². The number of rotatable bonds is 7. The van der Waals surface area contributed by atoms with Gasteiger partial charge in [0.1, 0.15) is 5.82 Å². The number of likely N-dealkylation sites (tertiary alicyclic amines) is 2. The standard InChI is InChI=1S/C31H37F5N2O2/c1-21-4-2-13-38(18-21)29(39)24-5-7-25(26(32)17-24)23-6-8-28(27(33)16-23)40-19-22-9-14-37(15-10-22)20-30(11-3-12-30)31(34,35)36/h5-8,16-17,21-22H,2-4,9-15,18-20H2,1H3. The molecule has 3 aliphatic rings. The van der Waals surface area contributed by atoms with E-state index in [0.717, 1.165) is 12.8 Å². The zero-order valence-electron chi connectivity index (χ0n) is 22.9. The van der Waals surface area contributed by atoms with Gasteiger partial charge in [-0.3, -0.25) is 4.79 Å². The van der Waals surface area contributed by atoms with Crippen LogP contribution >= 0.6 is 0 Å². The summed E-state index contributed by atoms with van der Waals surface area (Å²) < 4.78 is 76.1. The third-order valence-corrected chi connectivity index (χ3v) is 9.02. The number of amides is 1. The highest BCUT2D eigenvalue weighted by molar-refractivity contribution is 5.95. The van der Waals surface area contributed by atoms with Gasteiger partial charge in [-0.1, -0.05) is 25.5 Å². The summed E-state index contributed by atoms with van der Waals surface area (Å²) in [7, 11) is 0. The molecule has 0 aromatic heterocycles. The maximum atomic E-state index is 15.0. The molecule has 0 N–H and O–H groups in total. The largest absolute Gasteiger partial charge is 0.490 e. The SMILES string of the molecule is CC1CCCN(C(=O)c2ccc(-c3ccc(OCC4CCN(CC5(C(F)(F)F)CCC5)CC4)c(F)c3)c(F)c2)C1. The summed E-state index contributed by atoms with van der Waals surface area (Å²) in [6, 6.07) is 8.58. The van der Waals surface area contributed by atoms with Crippen molar-refractivity contribution < 1.29 is 31.5 Å². The van der Waals surface area contributed by atoms with Crippen molar-refractivity contribution >= 4 is 5.91 Å². The summed E-state index contributed by atoms with van der Waals surface area (Å²) in [4.78, 5) is 16.5. The second-order valence-corrected chi connectivity index (χ2v) is 12.0. The molecule has 0 radical (unpaired) electrons. The van der Waals surface area contributed by atoms with Crippen molar-refractivity contribution in [2.24, 2.45) is 17.3 Å². The maximum absolute atomic E-state index is 15.0. The zero-order chi connectivity index (χ0) is 28.5. The van der Waals surface area contributed by atoms with E-state index < -0.39 is 23.2 Å². The van der Waals surface area contributed by atoms with Crippen molar-refractivity contribution in [3.63, 3.8) is 0 Å². The highest BCUT2D eigenvalue weighted by Crippen LogP contribution is 2.53. The number of hydrogen-bond acceptors (Lipinski definition) is 3. The van der Waals surface area contributed by atoms with Crippen LogP contribution in [-0.4, -0.2) is 61.2 Å². The van der Waals surface area contributed by atoms with E-state index >= 15 is 0 Å². The monoisotopic (exact) mass is 564 g/mol. The Hall–Kier alpha value is -2.68. The highest BCUT2D eigenvalue weighted by atomic mass is 19.4. The van der Waals surface area contributed by atoms with Crippen LogP contribution in [0.4, 0.5) is 22.0 Å². The van der Waals surface area contributed by atoms with Crippen LogP contribution in [0.1, 0.15) is 62.2 Å². The van der Waals surface area contributed by atoms with Gasteiger partial charge in [0.2, 0.25) is 0 Å². The van der Waals surface area contributed by atoms with Gasteiger partial charge in [-0.2, -0.15) is 13.2 Å². The normalized spacial score (nSPS) is 22.1. The van der Waals surface area contributed by atoms with Gasteiger partial charge in [-0.25, -0.2) is 8.78 Å². The first-order valence-electron chi connectivity index (χ1n) is 14.4. The summed E-state index contributed by atoms with van der Waals surface area (Å²) in [5.74, 6) is -0.798. The number of alkyl halides is 3. The van der Waals surface area contributed by atoms with Crippen LogP contribution in [0.5, 0.6) is 5.75 Å². The molecule has 218 valence electrons. The Bertz CT molecular complexity index is 1200. The molecule has 2 aliphatic heterocycles. The number of hydrogen-bond donors (Lipinski definition) is 0. The maximum Gasteiger partial charge on any atom is 0.395 e. The van der Waals surface area contributed by atoms with E-state index in [4.69, 9.17) is 4.74 Å². The molecule has 5 rings (SSSR count). The Balaban J connectivity index is 1.14. The quantitative estimate of drug-likeness (QED) is 0.330. The van der Waals surface area contributed by atoms with Crippen LogP contribution in [0.15, 0.2) is 36.4 Å². The lowest BCUT2D eigenvalue weighted by Crippen LogP contribution is -2.53. The molecule has 1 unspecified atom stereocenters. The minimum absolute atomic E-state index is 0.0584. The van der Waals surface area contributed by atoms with Gasteiger partial charge in [-0.05, 0) is 93.3 Å². The van der Waals surface area contributed by atoms with Crippen LogP contribution in [-0.2, 0) is 0 Å². The smallest absolute Gasteiger partial charge is 0.395 e. The van der Waals surface area contributed by atoms with Crippen LogP contribution in [0, 0.1) is 28.9 Å². The summed E-state index contributed by atoms with van der Waals surface area (Å²) in [5, 5.41) is 0. The summed E-state index contributed by atoms with van der Waals surface area (Å²) in [6.07, 6.45) is 0.280. The molecule has 4 nitrogen and oxygen atoms in total. The van der Waals surface area contributed by atoms with Gasteiger partial charge < -0.3 is 14.5 Å². The third kappa shape index (κ3) is 6.14. The molecule has 2 saturated heterocycles. The van der Waals surface area contributed by atoms with Crippen LogP contribution in [0.25, 0.3) is 11.1 Å². The number of benzene rings is 2. The molecule has 1 atom stereocenters. The lowest BCUT2D eigenvalue weighted by atomic mass is 9.67. The minimum Gasteiger partial charge on any atom is -0.490 e. The second kappa shape index (κ2) is 11.7. The van der Waals surface area contributed by atoms with Gasteiger partial charge in [0.05, 0.1) is 12.0 Å². The Morgan fingerprint density at radius 1 is 0.975 bits per heavy atom. The number of carbonyl (C=O) groups excluding carboxylic acids is 1. The number of carbonyl (C=O) groups is 1. The molecule has 3 fully saturated rings. The molecular formula is C31H37F5N2O2. The van der Waals surface area contributed by atoms with Gasteiger partial charge >= 0.3 is 6.18 Å². The van der Waals surface area contributed by atoms with Crippen LogP contribution in [0.3, 0.4) is 0 Å². The summed E-state index contributed by atoms with van der Waals surface area (Å²) in [5.41, 5.74) is -0.730. The van der Waals surface area contributed by atoms with Gasteiger partial charge in [0, 0.05) is 30.8 Å². The molecular weight excluding hydrogens is 527 g/mol. The van der Waals surface area contributed by atoms with E-state index in [0.29, 0.717) is 56.9 Å². The predicted molar refractivity (Wildman–Crippen MR) is 143 cm³/mol. The number of piperidine rings is 2. The minimum atomic E-state index is -4.16. The highest BCUT2D eigenvalue weighted by Gasteiger charge is 2.58. The molecule has 0 spiro atoms. The van der Waals surface area contributed by atoms with Gasteiger partial charge in [0.15, 0.2) is 11.6 Å². The Morgan fingerprint density at radius 3 is 2.33 bits per heavy atom. The fraction of sp³-hybridized carbons (Fsp3) is 0.581. The molecule has 2 aromatic rings. The molecule has 1 aliphatic carbocycles. The zero-order valence-corrected chi connectivity index (χ0v) is 22.9. The second-order valence-electron chi connectivity index (χ2n) is 12.0. The molecule has 9 heteroatoms. The number of halogens is 5. The third-order valence-electron chi connectivity index (χ3n) is 9.02. The van der Waals surface area contributed by atoms with Crippen LogP contribution < -0.4 is 4.74 Å². The van der Waals surface area contributed by atoms with E-state index in [9.17, 15) is 26.7 Å². The average Bonchev–Trinajstić information content (AvgIpc) is 2.89. The van der Waals surface area contributed by atoms with E-state index in [2.05, 4.69) is 6.92 Å². The molecule has 2 heterocycles. The molecule has 40 heavy (non-hydrogen) atoms. The molecule has 0 bridgehead atoms. The number of nitrogens with zero attached hydrogens (tertiary/aromatic N) is 2. The van der Waals surface area contributed by atoms with E-state index in [1.807, 2.05) is 4.90 Å². The summed E-state index contributed by atoms with van der Waals surface area (Å²) >= 11 is 0. The topological polar surface area (TPSA) is 32.8 Å². The predicted octanol–water partition coefficient (Wildman–Crippen LogP) is 7.33. The summed E-state index contributed by atoms with van der Waals surface area (Å²) in [6.45, 7) is 4.89.